The molecule has 1 aromatic carbocycles. The second-order valence-electron chi connectivity index (χ2n) is 6.02. The van der Waals surface area contributed by atoms with Crippen LogP contribution >= 0.6 is 0 Å². The molecule has 2 saturated heterocycles. The van der Waals surface area contributed by atoms with Crippen molar-refractivity contribution in [1.82, 2.24) is 4.90 Å². The maximum absolute atomic E-state index is 12.8. The van der Waals surface area contributed by atoms with Gasteiger partial charge in [0.2, 0.25) is 5.91 Å². The Morgan fingerprint density at radius 1 is 1.14 bits per heavy atom. The van der Waals surface area contributed by atoms with Crippen molar-refractivity contribution in [2.24, 2.45) is 0 Å². The summed E-state index contributed by atoms with van der Waals surface area (Å²) in [5.41, 5.74) is 0.649. The van der Waals surface area contributed by atoms with Crippen molar-refractivity contribution in [3.8, 4) is 0 Å². The van der Waals surface area contributed by atoms with Gasteiger partial charge in [-0.1, -0.05) is 24.6 Å². The number of imide groups is 1. The number of carbonyl (C=O) groups excluding carboxylic acids is 2. The van der Waals surface area contributed by atoms with E-state index in [-0.39, 0.29) is 36.9 Å². The van der Waals surface area contributed by atoms with Crippen molar-refractivity contribution in [2.75, 3.05) is 18.1 Å². The molecule has 0 unspecified atom stereocenters. The first-order valence-electron chi connectivity index (χ1n) is 8.01. The molecule has 3 rings (SSSR count). The normalized spacial score (nSPS) is 26.7. The SMILES string of the molecule is O=C1C[C@H](N2CCCC[C@H]2CCO)C(=O)N1c1ccccc1. The molecule has 1 aromatic rings. The lowest BCUT2D eigenvalue weighted by Crippen LogP contribution is -2.50. The molecule has 2 heterocycles. The first kappa shape index (κ1) is 15.2. The van der Waals surface area contributed by atoms with E-state index in [1.165, 1.54) is 4.90 Å². The summed E-state index contributed by atoms with van der Waals surface area (Å²) in [7, 11) is 0. The highest BCUT2D eigenvalue weighted by Crippen LogP contribution is 2.30. The van der Waals surface area contributed by atoms with Gasteiger partial charge in [0.05, 0.1) is 18.2 Å². The molecule has 0 radical (unpaired) electrons. The van der Waals surface area contributed by atoms with E-state index in [9.17, 15) is 14.7 Å². The predicted molar refractivity (Wildman–Crippen MR) is 83.4 cm³/mol. The number of amides is 2. The number of hydrogen-bond acceptors (Lipinski definition) is 4. The summed E-state index contributed by atoms with van der Waals surface area (Å²) in [6.07, 6.45) is 4.08. The van der Waals surface area contributed by atoms with Crippen LogP contribution in [-0.2, 0) is 9.59 Å². The lowest BCUT2D eigenvalue weighted by Gasteiger charge is -2.38. The van der Waals surface area contributed by atoms with Crippen LogP contribution in [0.25, 0.3) is 0 Å². The molecule has 0 bridgehead atoms. The van der Waals surface area contributed by atoms with Gasteiger partial charge in [-0.25, -0.2) is 4.90 Å². The van der Waals surface area contributed by atoms with Crippen molar-refractivity contribution in [1.29, 1.82) is 0 Å². The van der Waals surface area contributed by atoms with Crippen molar-refractivity contribution in [3.05, 3.63) is 30.3 Å². The maximum atomic E-state index is 12.8. The van der Waals surface area contributed by atoms with Crippen LogP contribution in [0.5, 0.6) is 0 Å². The number of benzene rings is 1. The predicted octanol–water partition coefficient (Wildman–Crippen LogP) is 1.56. The lowest BCUT2D eigenvalue weighted by atomic mass is 9.97. The van der Waals surface area contributed by atoms with Crippen LogP contribution in [0.2, 0.25) is 0 Å². The van der Waals surface area contributed by atoms with Gasteiger partial charge in [-0.05, 0) is 37.9 Å². The van der Waals surface area contributed by atoms with Gasteiger partial charge in [-0.3, -0.25) is 14.5 Å². The maximum Gasteiger partial charge on any atom is 0.251 e. The highest BCUT2D eigenvalue weighted by molar-refractivity contribution is 6.22. The van der Waals surface area contributed by atoms with E-state index in [1.807, 2.05) is 18.2 Å². The first-order valence-corrected chi connectivity index (χ1v) is 8.01. The minimum atomic E-state index is -0.371. The van der Waals surface area contributed by atoms with Crippen LogP contribution < -0.4 is 4.90 Å². The Morgan fingerprint density at radius 2 is 1.91 bits per heavy atom. The van der Waals surface area contributed by atoms with Crippen molar-refractivity contribution in [3.63, 3.8) is 0 Å². The molecule has 0 saturated carbocycles. The number of likely N-dealkylation sites (tertiary alicyclic amines) is 1. The minimum Gasteiger partial charge on any atom is -0.396 e. The first-order chi connectivity index (χ1) is 10.7. The van der Waals surface area contributed by atoms with E-state index in [0.717, 1.165) is 25.8 Å². The third-order valence-electron chi connectivity index (χ3n) is 4.67. The third kappa shape index (κ3) is 2.78. The van der Waals surface area contributed by atoms with Gasteiger partial charge in [0.15, 0.2) is 0 Å². The number of rotatable bonds is 4. The molecule has 2 aliphatic heterocycles. The molecule has 118 valence electrons. The van der Waals surface area contributed by atoms with Gasteiger partial charge in [0.25, 0.3) is 5.91 Å². The topological polar surface area (TPSA) is 60.9 Å². The summed E-state index contributed by atoms with van der Waals surface area (Å²) < 4.78 is 0. The molecule has 0 aromatic heterocycles. The average Bonchev–Trinajstić information content (AvgIpc) is 2.84. The molecule has 2 amide bonds. The molecule has 5 nitrogen and oxygen atoms in total. The van der Waals surface area contributed by atoms with Crippen LogP contribution in [0.3, 0.4) is 0 Å². The second-order valence-corrected chi connectivity index (χ2v) is 6.02. The number of anilines is 1. The zero-order valence-electron chi connectivity index (χ0n) is 12.6. The molecule has 5 heteroatoms. The summed E-state index contributed by atoms with van der Waals surface area (Å²) in [4.78, 5) is 28.6. The standard InChI is InChI=1S/C17H22N2O3/c20-11-9-13-6-4-5-10-18(13)15-12-16(21)19(17(15)22)14-7-2-1-3-8-14/h1-3,7-8,13,15,20H,4-6,9-12H2/t13-,15-/m0/s1. The molecule has 1 N–H and O–H groups in total. The Morgan fingerprint density at radius 3 is 2.64 bits per heavy atom. The Balaban J connectivity index is 1.81. The highest BCUT2D eigenvalue weighted by Gasteiger charge is 2.44. The molecular weight excluding hydrogens is 280 g/mol. The monoisotopic (exact) mass is 302 g/mol. The van der Waals surface area contributed by atoms with Gasteiger partial charge in [0.1, 0.15) is 0 Å². The number of aliphatic hydroxyl groups excluding tert-OH is 1. The largest absolute Gasteiger partial charge is 0.396 e. The Kier molecular flexibility index (Phi) is 4.55. The second kappa shape index (κ2) is 6.58. The van der Waals surface area contributed by atoms with Gasteiger partial charge in [-0.2, -0.15) is 0 Å². The molecule has 2 fully saturated rings. The molecular formula is C17H22N2O3. The fraction of sp³-hybridized carbons (Fsp3) is 0.529. The van der Waals surface area contributed by atoms with Crippen LogP contribution in [0.15, 0.2) is 30.3 Å². The van der Waals surface area contributed by atoms with Crippen LogP contribution in [0.4, 0.5) is 5.69 Å². The fourth-order valence-corrected chi connectivity index (χ4v) is 3.62. The number of nitrogens with zero attached hydrogens (tertiary/aromatic N) is 2. The molecule has 22 heavy (non-hydrogen) atoms. The number of hydrogen-bond donors (Lipinski definition) is 1. The number of aliphatic hydroxyl groups is 1. The molecule has 0 aliphatic carbocycles. The Labute approximate surface area is 130 Å². The minimum absolute atomic E-state index is 0.123. The van der Waals surface area contributed by atoms with E-state index in [4.69, 9.17) is 0 Å². The van der Waals surface area contributed by atoms with Gasteiger partial charge >= 0.3 is 0 Å². The van der Waals surface area contributed by atoms with Gasteiger partial charge in [-0.15, -0.1) is 0 Å². The highest BCUT2D eigenvalue weighted by atomic mass is 16.3. The summed E-state index contributed by atoms with van der Waals surface area (Å²) in [6, 6.07) is 8.95. The van der Waals surface area contributed by atoms with E-state index >= 15 is 0 Å². The number of carbonyl (C=O) groups is 2. The van der Waals surface area contributed by atoms with Crippen molar-refractivity contribution < 1.29 is 14.7 Å². The van der Waals surface area contributed by atoms with Crippen molar-refractivity contribution >= 4 is 17.5 Å². The fourth-order valence-electron chi connectivity index (χ4n) is 3.62. The molecule has 2 aliphatic rings. The van der Waals surface area contributed by atoms with Crippen LogP contribution in [0.1, 0.15) is 32.1 Å². The van der Waals surface area contributed by atoms with Gasteiger partial charge < -0.3 is 5.11 Å². The third-order valence-corrected chi connectivity index (χ3v) is 4.67. The number of piperidine rings is 1. The summed E-state index contributed by atoms with van der Waals surface area (Å²) in [6.45, 7) is 0.954. The van der Waals surface area contributed by atoms with E-state index in [2.05, 4.69) is 4.90 Å². The average molecular weight is 302 g/mol. The Hall–Kier alpha value is -1.72. The van der Waals surface area contributed by atoms with Gasteiger partial charge in [0, 0.05) is 12.6 Å². The van der Waals surface area contributed by atoms with Crippen molar-refractivity contribution in [2.45, 2.75) is 44.2 Å². The van der Waals surface area contributed by atoms with E-state index in [1.54, 1.807) is 12.1 Å². The molecule has 2 atom stereocenters. The molecule has 0 spiro atoms. The Bertz CT molecular complexity index is 544. The van der Waals surface area contributed by atoms with E-state index < -0.39 is 0 Å². The van der Waals surface area contributed by atoms with Crippen LogP contribution in [0, 0.1) is 0 Å². The lowest BCUT2D eigenvalue weighted by molar-refractivity contribution is -0.123. The summed E-state index contributed by atoms with van der Waals surface area (Å²) >= 11 is 0. The quantitative estimate of drug-likeness (QED) is 0.857. The summed E-state index contributed by atoms with van der Waals surface area (Å²) in [5.74, 6) is -0.254. The summed E-state index contributed by atoms with van der Waals surface area (Å²) in [5, 5.41) is 9.24. The zero-order valence-corrected chi connectivity index (χ0v) is 12.6. The smallest absolute Gasteiger partial charge is 0.251 e. The van der Waals surface area contributed by atoms with Crippen LogP contribution in [-0.4, -0.2) is 47.1 Å². The zero-order chi connectivity index (χ0) is 15.5. The number of para-hydroxylation sites is 1. The van der Waals surface area contributed by atoms with E-state index in [0.29, 0.717) is 12.1 Å².